The third-order valence-corrected chi connectivity index (χ3v) is 0. The Morgan fingerprint density at radius 1 is 1.75 bits per heavy atom. The molecular weight excluding hydrogens is 171 g/mol. The van der Waals surface area contributed by atoms with Gasteiger partial charge in [0.15, 0.2) is 0 Å². The molecular formula is AgO2P. The van der Waals surface area contributed by atoms with E-state index in [2.05, 4.69) is 0 Å². The van der Waals surface area contributed by atoms with Crippen LogP contribution in [0.15, 0.2) is 0 Å². The maximum Gasteiger partial charge on any atom is 1.00 e. The van der Waals surface area contributed by atoms with Crippen molar-refractivity contribution in [1.29, 1.82) is 0 Å². The third-order valence-electron chi connectivity index (χ3n) is 0. The van der Waals surface area contributed by atoms with E-state index < -0.39 is 8.69 Å². The van der Waals surface area contributed by atoms with Crippen molar-refractivity contribution < 1.29 is 31.8 Å². The molecule has 2 nitrogen and oxygen atoms in total. The van der Waals surface area contributed by atoms with Crippen molar-refractivity contribution in [3.05, 3.63) is 0 Å². The molecule has 0 fully saturated rings. The number of hydrogen-bond donors (Lipinski definition) is 0. The van der Waals surface area contributed by atoms with E-state index >= 15 is 0 Å². The largest absolute Gasteiger partial charge is 1.00 e. The standard InChI is InChI=1S/Ag.HO2P/c;1-3-2/h;(H,1,2)/q+1;/p-1. The molecule has 0 aromatic rings. The van der Waals surface area contributed by atoms with Crippen molar-refractivity contribution in [3.8, 4) is 0 Å². The zero-order valence-electron chi connectivity index (χ0n) is 1.57. The van der Waals surface area contributed by atoms with Crippen LogP contribution in [-0.4, -0.2) is 0 Å². The van der Waals surface area contributed by atoms with Crippen molar-refractivity contribution >= 4 is 8.69 Å². The first-order valence-electron chi connectivity index (χ1n) is 0.365. The van der Waals surface area contributed by atoms with Crippen LogP contribution in [-0.2, 0) is 26.9 Å². The average molecular weight is 171 g/mol. The van der Waals surface area contributed by atoms with E-state index in [9.17, 15) is 0 Å². The molecule has 0 rings (SSSR count). The second kappa shape index (κ2) is 9.19. The molecule has 0 N–H and O–H groups in total. The molecule has 0 unspecified atom stereocenters. The predicted octanol–water partition coefficient (Wildman–Crippen LogP) is -0.449. The second-order valence-corrected chi connectivity index (χ2v) is 0.224. The van der Waals surface area contributed by atoms with Gasteiger partial charge in [-0.2, -0.15) is 0 Å². The fraction of sp³-hybridized carbons (Fsp3) is 0. The first kappa shape index (κ1) is 8.84. The van der Waals surface area contributed by atoms with Crippen LogP contribution in [0.25, 0.3) is 0 Å². The molecule has 0 heterocycles. The number of hydrogen-bond acceptors (Lipinski definition) is 2. The fourth-order valence-electron chi connectivity index (χ4n) is 0. The van der Waals surface area contributed by atoms with Crippen molar-refractivity contribution in [2.45, 2.75) is 0 Å². The molecule has 0 aliphatic rings. The van der Waals surface area contributed by atoms with Gasteiger partial charge in [0.1, 0.15) is 0 Å². The minimum absolute atomic E-state index is 0. The fourth-order valence-corrected chi connectivity index (χ4v) is 0. The molecule has 0 saturated heterocycles. The van der Waals surface area contributed by atoms with Crippen molar-refractivity contribution in [2.24, 2.45) is 0 Å². The SMILES string of the molecule is O=P[O-].[Ag+]. The summed E-state index contributed by atoms with van der Waals surface area (Å²) in [6.07, 6.45) is 0. The predicted molar refractivity (Wildman–Crippen MR) is 7.61 cm³/mol. The Bertz CT molecular complexity index is 13.5. The topological polar surface area (TPSA) is 40.1 Å². The molecule has 0 radical (unpaired) electrons. The molecule has 0 spiro atoms. The Kier molecular flexibility index (Phi) is 20.3. The van der Waals surface area contributed by atoms with Gasteiger partial charge in [-0.3, -0.25) is 4.57 Å². The first-order chi connectivity index (χ1) is 1.41. The van der Waals surface area contributed by atoms with Gasteiger partial charge in [0.05, 0.1) is 8.69 Å². The van der Waals surface area contributed by atoms with Gasteiger partial charge in [0.2, 0.25) is 0 Å². The molecule has 0 atom stereocenters. The average Bonchev–Trinajstić information content (AvgIpc) is 0.918. The van der Waals surface area contributed by atoms with Crippen molar-refractivity contribution in [3.63, 3.8) is 0 Å². The second-order valence-electron chi connectivity index (χ2n) is 0.0745. The van der Waals surface area contributed by atoms with Crippen LogP contribution in [0, 0.1) is 0 Å². The van der Waals surface area contributed by atoms with Crippen LogP contribution in [0.2, 0.25) is 0 Å². The van der Waals surface area contributed by atoms with Gasteiger partial charge >= 0.3 is 22.4 Å². The van der Waals surface area contributed by atoms with Gasteiger partial charge in [0, 0.05) is 0 Å². The molecule has 0 aromatic carbocycles. The van der Waals surface area contributed by atoms with Crippen molar-refractivity contribution in [2.75, 3.05) is 0 Å². The zero-order valence-corrected chi connectivity index (χ0v) is 3.94. The van der Waals surface area contributed by atoms with Gasteiger partial charge < -0.3 is 4.89 Å². The van der Waals surface area contributed by atoms with E-state index in [1.54, 1.807) is 0 Å². The molecule has 0 bridgehead atoms. The van der Waals surface area contributed by atoms with Gasteiger partial charge in [-0.1, -0.05) is 0 Å². The maximum absolute atomic E-state index is 8.35. The quantitative estimate of drug-likeness (QED) is 0.365. The Balaban J connectivity index is 0. The Labute approximate surface area is 41.0 Å². The van der Waals surface area contributed by atoms with Crippen LogP contribution < -0.4 is 4.89 Å². The van der Waals surface area contributed by atoms with Gasteiger partial charge in [-0.25, -0.2) is 0 Å². The van der Waals surface area contributed by atoms with Crippen molar-refractivity contribution in [1.82, 2.24) is 0 Å². The summed E-state index contributed by atoms with van der Waals surface area (Å²) in [5.74, 6) is 0. The molecule has 0 amide bonds. The van der Waals surface area contributed by atoms with Crippen LogP contribution in [0.4, 0.5) is 0 Å². The summed E-state index contributed by atoms with van der Waals surface area (Å²) < 4.78 is 8.35. The Morgan fingerprint density at radius 2 is 1.75 bits per heavy atom. The van der Waals surface area contributed by atoms with E-state index in [0.717, 1.165) is 0 Å². The smallest absolute Gasteiger partial charge is 0.772 e. The first-order valence-corrected chi connectivity index (χ1v) is 1.10. The van der Waals surface area contributed by atoms with Crippen LogP contribution in [0.3, 0.4) is 0 Å². The van der Waals surface area contributed by atoms with Crippen LogP contribution in [0.1, 0.15) is 0 Å². The maximum atomic E-state index is 8.35. The molecule has 0 aliphatic carbocycles. The van der Waals surface area contributed by atoms with Gasteiger partial charge in [0.25, 0.3) is 0 Å². The van der Waals surface area contributed by atoms with Gasteiger partial charge in [-0.05, 0) is 0 Å². The number of rotatable bonds is 0. The minimum Gasteiger partial charge on any atom is -0.772 e. The molecule has 0 aromatic heterocycles. The summed E-state index contributed by atoms with van der Waals surface area (Å²) in [5.41, 5.74) is 0. The van der Waals surface area contributed by atoms with Gasteiger partial charge in [-0.15, -0.1) is 0 Å². The molecule has 4 heteroatoms. The van der Waals surface area contributed by atoms with E-state index in [1.165, 1.54) is 0 Å². The van der Waals surface area contributed by atoms with Crippen LogP contribution in [0.5, 0.6) is 0 Å². The van der Waals surface area contributed by atoms with E-state index in [0.29, 0.717) is 0 Å². The summed E-state index contributed by atoms with van der Waals surface area (Å²) in [6.45, 7) is 0. The molecule has 0 aliphatic heterocycles. The zero-order chi connectivity index (χ0) is 2.71. The summed E-state index contributed by atoms with van der Waals surface area (Å²) in [6, 6.07) is 0. The molecule has 0 saturated carbocycles. The normalized spacial score (nSPS) is 5.25. The van der Waals surface area contributed by atoms with Crippen LogP contribution >= 0.6 is 8.69 Å². The minimum atomic E-state index is -1.08. The Morgan fingerprint density at radius 3 is 1.75 bits per heavy atom. The third kappa shape index (κ3) is 14.2. The van der Waals surface area contributed by atoms with E-state index in [-0.39, 0.29) is 22.4 Å². The summed E-state index contributed by atoms with van der Waals surface area (Å²) >= 11 is 0. The monoisotopic (exact) mass is 170 g/mol. The summed E-state index contributed by atoms with van der Waals surface area (Å²) in [4.78, 5) is 8.35. The van der Waals surface area contributed by atoms with E-state index in [1.807, 2.05) is 0 Å². The molecule has 4 heavy (non-hydrogen) atoms. The van der Waals surface area contributed by atoms with E-state index in [4.69, 9.17) is 9.46 Å². The summed E-state index contributed by atoms with van der Waals surface area (Å²) in [5, 5.41) is 0. The Hall–Kier alpha value is 0.800. The molecule has 28 valence electrons. The summed E-state index contributed by atoms with van der Waals surface area (Å²) in [7, 11) is -1.08.